The number of ether oxygens (including phenoxy) is 5. The minimum atomic E-state index is -0.371. The summed E-state index contributed by atoms with van der Waals surface area (Å²) in [6, 6.07) is 7.68. The van der Waals surface area contributed by atoms with Crippen molar-refractivity contribution in [3.63, 3.8) is 0 Å². The SMILES string of the molecule is CNCCCOc1ccc(/C=C/C(=O)O[C@@H]2CC[C@]3(CO3)[C@@H]([C@@]3(C)O[C@@H]3CC=C(C)C)[C@@H]2OC)cc1. The molecule has 7 heteroatoms. The Morgan fingerprint density at radius 2 is 2.00 bits per heavy atom. The highest BCUT2D eigenvalue weighted by molar-refractivity contribution is 5.87. The highest BCUT2D eigenvalue weighted by atomic mass is 16.6. The Kier molecular flexibility index (Phi) is 8.56. The number of rotatable bonds is 12. The van der Waals surface area contributed by atoms with Gasteiger partial charge in [-0.1, -0.05) is 23.8 Å². The van der Waals surface area contributed by atoms with Crippen LogP contribution in [0.1, 0.15) is 52.0 Å². The number of hydrogen-bond acceptors (Lipinski definition) is 7. The Morgan fingerprint density at radius 1 is 1.25 bits per heavy atom. The molecule has 0 amide bonds. The first kappa shape index (κ1) is 26.9. The molecule has 1 saturated carbocycles. The summed E-state index contributed by atoms with van der Waals surface area (Å²) in [6.45, 7) is 8.64. The first-order valence-corrected chi connectivity index (χ1v) is 13.1. The predicted octanol–water partition coefficient (Wildman–Crippen LogP) is 4.31. The molecule has 2 heterocycles. The highest BCUT2D eigenvalue weighted by Gasteiger charge is 2.72. The molecule has 3 fully saturated rings. The number of esters is 1. The van der Waals surface area contributed by atoms with Gasteiger partial charge >= 0.3 is 5.97 Å². The molecule has 6 atom stereocenters. The van der Waals surface area contributed by atoms with Gasteiger partial charge in [-0.2, -0.15) is 0 Å². The third-order valence-corrected chi connectivity index (χ3v) is 7.64. The van der Waals surface area contributed by atoms with Gasteiger partial charge in [-0.15, -0.1) is 0 Å². The average molecular weight is 500 g/mol. The summed E-state index contributed by atoms with van der Waals surface area (Å²) in [4.78, 5) is 12.7. The number of carbonyl (C=O) groups is 1. The molecular weight excluding hydrogens is 458 g/mol. The van der Waals surface area contributed by atoms with Crippen LogP contribution in [0.3, 0.4) is 0 Å². The van der Waals surface area contributed by atoms with Gasteiger partial charge in [-0.05, 0) is 83.8 Å². The molecule has 1 spiro atoms. The second kappa shape index (κ2) is 11.5. The molecule has 1 aromatic carbocycles. The molecule has 0 radical (unpaired) electrons. The molecule has 1 N–H and O–H groups in total. The van der Waals surface area contributed by atoms with Crippen LogP contribution in [0.2, 0.25) is 0 Å². The van der Waals surface area contributed by atoms with Gasteiger partial charge in [0.2, 0.25) is 0 Å². The lowest BCUT2D eigenvalue weighted by atomic mass is 9.68. The summed E-state index contributed by atoms with van der Waals surface area (Å²) < 4.78 is 29.8. The standard InChI is InChI=1S/C29H41NO6/c1-20(2)7-13-24-28(3,36-24)27-26(32-5)23(15-16-29(27)19-34-29)35-25(31)14-10-21-8-11-22(12-9-21)33-18-6-17-30-4/h7-12,14,23-24,26-27,30H,6,13,15-19H2,1-5H3/b14-10+/t23-,24-,26-,27-,28+,29+/m1/s1. The van der Waals surface area contributed by atoms with E-state index in [1.54, 1.807) is 13.2 Å². The lowest BCUT2D eigenvalue weighted by molar-refractivity contribution is -0.166. The maximum atomic E-state index is 12.7. The van der Waals surface area contributed by atoms with Crippen LogP contribution in [-0.2, 0) is 23.7 Å². The Hall–Kier alpha value is -2.19. The van der Waals surface area contributed by atoms with E-state index < -0.39 is 0 Å². The van der Waals surface area contributed by atoms with Crippen molar-refractivity contribution < 1.29 is 28.5 Å². The third-order valence-electron chi connectivity index (χ3n) is 7.64. The van der Waals surface area contributed by atoms with Gasteiger partial charge in [-0.3, -0.25) is 0 Å². The Bertz CT molecular complexity index is 949. The largest absolute Gasteiger partial charge is 0.494 e. The van der Waals surface area contributed by atoms with Crippen molar-refractivity contribution in [1.29, 1.82) is 0 Å². The number of allylic oxidation sites excluding steroid dienone is 1. The first-order valence-electron chi connectivity index (χ1n) is 13.1. The van der Waals surface area contributed by atoms with Gasteiger partial charge in [0, 0.05) is 13.2 Å². The fourth-order valence-electron chi connectivity index (χ4n) is 5.54. The molecule has 0 unspecified atom stereocenters. The minimum absolute atomic E-state index is 0.0155. The maximum Gasteiger partial charge on any atom is 0.331 e. The zero-order valence-corrected chi connectivity index (χ0v) is 22.3. The molecule has 2 saturated heterocycles. The van der Waals surface area contributed by atoms with Gasteiger partial charge in [0.25, 0.3) is 0 Å². The number of hydrogen-bond donors (Lipinski definition) is 1. The second-order valence-electron chi connectivity index (χ2n) is 10.6. The monoisotopic (exact) mass is 499 g/mol. The molecule has 198 valence electrons. The molecule has 1 aromatic rings. The van der Waals surface area contributed by atoms with Gasteiger partial charge < -0.3 is 29.0 Å². The maximum absolute atomic E-state index is 12.7. The first-order chi connectivity index (χ1) is 17.3. The van der Waals surface area contributed by atoms with Crippen molar-refractivity contribution in [2.75, 3.05) is 33.9 Å². The summed E-state index contributed by atoms with van der Waals surface area (Å²) in [6.07, 6.45) is 8.33. The zero-order chi connectivity index (χ0) is 25.8. The van der Waals surface area contributed by atoms with Crippen molar-refractivity contribution >= 4 is 12.0 Å². The van der Waals surface area contributed by atoms with Crippen LogP contribution in [0, 0.1) is 5.92 Å². The Morgan fingerprint density at radius 3 is 2.64 bits per heavy atom. The van der Waals surface area contributed by atoms with Crippen LogP contribution in [0.4, 0.5) is 0 Å². The average Bonchev–Trinajstić information content (AvgIpc) is 3.78. The van der Waals surface area contributed by atoms with Crippen LogP contribution in [0.15, 0.2) is 42.0 Å². The number of benzene rings is 1. The molecule has 1 aliphatic carbocycles. The number of nitrogens with one attached hydrogen (secondary N) is 1. The van der Waals surface area contributed by atoms with Crippen molar-refractivity contribution in [1.82, 2.24) is 5.32 Å². The molecule has 3 aliphatic rings. The topological polar surface area (TPSA) is 81.9 Å². The van der Waals surface area contributed by atoms with Gasteiger partial charge in [0.1, 0.15) is 29.2 Å². The van der Waals surface area contributed by atoms with E-state index in [-0.39, 0.29) is 41.4 Å². The van der Waals surface area contributed by atoms with Crippen LogP contribution >= 0.6 is 0 Å². The number of carbonyl (C=O) groups excluding carboxylic acids is 1. The lowest BCUT2D eigenvalue weighted by Gasteiger charge is -2.42. The lowest BCUT2D eigenvalue weighted by Crippen LogP contribution is -2.55. The van der Waals surface area contributed by atoms with Gasteiger partial charge in [-0.25, -0.2) is 4.79 Å². The summed E-state index contributed by atoms with van der Waals surface area (Å²) in [5, 5.41) is 3.10. The molecular formula is C29H41NO6. The molecule has 4 rings (SSSR count). The van der Waals surface area contributed by atoms with Crippen molar-refractivity contribution in [2.45, 2.75) is 76.0 Å². The van der Waals surface area contributed by atoms with E-state index in [1.807, 2.05) is 31.3 Å². The summed E-state index contributed by atoms with van der Waals surface area (Å²) >= 11 is 0. The number of epoxide rings is 2. The van der Waals surface area contributed by atoms with Crippen molar-refractivity contribution in [3.8, 4) is 5.75 Å². The van der Waals surface area contributed by atoms with E-state index in [4.69, 9.17) is 23.7 Å². The molecule has 36 heavy (non-hydrogen) atoms. The molecule has 0 bridgehead atoms. The van der Waals surface area contributed by atoms with Crippen molar-refractivity contribution in [3.05, 3.63) is 47.6 Å². The number of methoxy groups -OCH3 is 1. The summed E-state index contributed by atoms with van der Waals surface area (Å²) in [5.41, 5.74) is 1.61. The van der Waals surface area contributed by atoms with Crippen LogP contribution in [-0.4, -0.2) is 69.4 Å². The van der Waals surface area contributed by atoms with E-state index >= 15 is 0 Å². The highest BCUT2D eigenvalue weighted by Crippen LogP contribution is 2.59. The quantitative estimate of drug-likeness (QED) is 0.151. The van der Waals surface area contributed by atoms with Gasteiger partial charge in [0.15, 0.2) is 0 Å². The third kappa shape index (κ3) is 6.20. The smallest absolute Gasteiger partial charge is 0.331 e. The van der Waals surface area contributed by atoms with E-state index in [0.717, 1.165) is 37.1 Å². The van der Waals surface area contributed by atoms with Gasteiger partial charge in [0.05, 0.1) is 25.2 Å². The van der Waals surface area contributed by atoms with Crippen LogP contribution in [0.25, 0.3) is 6.08 Å². The Labute approximate surface area is 215 Å². The van der Waals surface area contributed by atoms with Crippen LogP contribution in [0.5, 0.6) is 5.75 Å². The summed E-state index contributed by atoms with van der Waals surface area (Å²) in [7, 11) is 3.62. The van der Waals surface area contributed by atoms with E-state index in [2.05, 4.69) is 32.2 Å². The van der Waals surface area contributed by atoms with E-state index in [0.29, 0.717) is 19.6 Å². The zero-order valence-electron chi connectivity index (χ0n) is 22.3. The molecule has 2 aliphatic heterocycles. The fraction of sp³-hybridized carbons (Fsp3) is 0.621. The van der Waals surface area contributed by atoms with Crippen molar-refractivity contribution in [2.24, 2.45) is 5.92 Å². The van der Waals surface area contributed by atoms with E-state index in [9.17, 15) is 4.79 Å². The molecule has 0 aromatic heterocycles. The second-order valence-corrected chi connectivity index (χ2v) is 10.6. The normalized spacial score (nSPS) is 32.9. The fourth-order valence-corrected chi connectivity index (χ4v) is 5.54. The van der Waals surface area contributed by atoms with E-state index in [1.165, 1.54) is 11.6 Å². The Balaban J connectivity index is 1.35. The summed E-state index contributed by atoms with van der Waals surface area (Å²) in [5.74, 6) is 0.461. The minimum Gasteiger partial charge on any atom is -0.494 e. The van der Waals surface area contributed by atoms with Crippen LogP contribution < -0.4 is 10.1 Å². The molecule has 7 nitrogen and oxygen atoms in total. The predicted molar refractivity (Wildman–Crippen MR) is 139 cm³/mol.